The van der Waals surface area contributed by atoms with Gasteiger partial charge >= 0.3 is 0 Å². The summed E-state index contributed by atoms with van der Waals surface area (Å²) in [7, 11) is -8.22. The molecule has 6 rings (SSSR count). The highest BCUT2D eigenvalue weighted by Crippen LogP contribution is 2.37. The fourth-order valence-corrected chi connectivity index (χ4v) is 8.66. The number of halogens is 3. The number of aryl methyl sites for hydroxylation is 1. The zero-order valence-electron chi connectivity index (χ0n) is 29.7. The summed E-state index contributed by atoms with van der Waals surface area (Å²) in [6, 6.07) is 34.5. The van der Waals surface area contributed by atoms with E-state index < -0.39 is 36.3 Å². The van der Waals surface area contributed by atoms with Gasteiger partial charge in [-0.1, -0.05) is 71.7 Å². The van der Waals surface area contributed by atoms with Crippen molar-refractivity contribution in [2.24, 2.45) is 0 Å². The lowest BCUT2D eigenvalue weighted by Crippen LogP contribution is -2.30. The summed E-state index contributed by atoms with van der Waals surface area (Å²) < 4.78 is 80.2. The maximum atomic E-state index is 14.4. The number of benzene rings is 6. The summed E-state index contributed by atoms with van der Waals surface area (Å²) in [5, 5.41) is 10.5. The minimum Gasteiger partial charge on any atom is -0.505 e. The molecule has 1 N–H and O–H groups in total. The van der Waals surface area contributed by atoms with Crippen LogP contribution in [0.3, 0.4) is 0 Å². The van der Waals surface area contributed by atoms with Gasteiger partial charge in [0.15, 0.2) is 21.4 Å². The summed E-state index contributed by atoms with van der Waals surface area (Å²) in [5.74, 6) is 0.356. The molecule has 14 heteroatoms. The molecule has 0 saturated carbocycles. The number of Topliss-reactive ketones (excluding diaryl/α,β-unsaturated/α-hetero) is 1. The van der Waals surface area contributed by atoms with E-state index >= 15 is 0 Å². The van der Waals surface area contributed by atoms with E-state index in [2.05, 4.69) is 0 Å². The first-order valence-electron chi connectivity index (χ1n) is 17.0. The number of rotatable bonds is 15. The number of hydrogen-bond donors (Lipinski definition) is 1. The van der Waals surface area contributed by atoms with Gasteiger partial charge in [0.2, 0.25) is 10.0 Å². The minimum absolute atomic E-state index is 0.0141. The molecule has 0 aliphatic heterocycles. The molecule has 0 aromatic heterocycles. The van der Waals surface area contributed by atoms with Crippen LogP contribution in [0.1, 0.15) is 33.5 Å². The smallest absolute Gasteiger partial charge is 0.247 e. The molecule has 0 fully saturated rings. The van der Waals surface area contributed by atoms with Crippen LogP contribution in [0.5, 0.6) is 28.7 Å². The molecular formula is C42H34Cl2FNO8S2. The van der Waals surface area contributed by atoms with E-state index in [1.54, 1.807) is 60.7 Å². The maximum absolute atomic E-state index is 14.4. The summed E-state index contributed by atoms with van der Waals surface area (Å²) in [6.45, 7) is -0.636. The maximum Gasteiger partial charge on any atom is 0.247 e. The Morgan fingerprint density at radius 3 is 2.05 bits per heavy atom. The van der Waals surface area contributed by atoms with Crippen molar-refractivity contribution < 1.29 is 40.6 Å². The van der Waals surface area contributed by atoms with E-state index in [0.717, 1.165) is 16.6 Å². The minimum atomic E-state index is -4.58. The fraction of sp³-hybridized carbons (Fsp3) is 0.119. The second-order valence-electron chi connectivity index (χ2n) is 12.8. The van der Waals surface area contributed by atoms with Crippen molar-refractivity contribution in [3.63, 3.8) is 0 Å². The Labute approximate surface area is 334 Å². The van der Waals surface area contributed by atoms with Gasteiger partial charge in [-0.3, -0.25) is 4.79 Å². The zero-order valence-corrected chi connectivity index (χ0v) is 32.9. The van der Waals surface area contributed by atoms with Crippen molar-refractivity contribution in [3.8, 4) is 28.7 Å². The lowest BCUT2D eigenvalue weighted by atomic mass is 10.0. The van der Waals surface area contributed by atoms with Crippen LogP contribution in [-0.4, -0.2) is 38.3 Å². The molecule has 0 heterocycles. The van der Waals surface area contributed by atoms with Crippen molar-refractivity contribution in [1.29, 1.82) is 0 Å². The van der Waals surface area contributed by atoms with Gasteiger partial charge in [-0.05, 0) is 108 Å². The third-order valence-electron chi connectivity index (χ3n) is 8.51. The highest BCUT2D eigenvalue weighted by molar-refractivity contribution is 7.90. The fourth-order valence-electron chi connectivity index (χ4n) is 5.81. The number of phenols is 1. The van der Waals surface area contributed by atoms with Gasteiger partial charge in [-0.25, -0.2) is 21.2 Å². The van der Waals surface area contributed by atoms with Crippen LogP contribution in [-0.2, 0) is 39.4 Å². The van der Waals surface area contributed by atoms with Crippen molar-refractivity contribution in [2.45, 2.75) is 35.7 Å². The van der Waals surface area contributed by atoms with Crippen LogP contribution in [0.25, 0.3) is 0 Å². The molecule has 0 aliphatic rings. The van der Waals surface area contributed by atoms with Gasteiger partial charge in [0.05, 0.1) is 9.92 Å². The molecule has 0 aliphatic carbocycles. The third-order valence-corrected chi connectivity index (χ3v) is 11.9. The molecule has 9 nitrogen and oxygen atoms in total. The Morgan fingerprint density at radius 1 is 0.679 bits per heavy atom. The monoisotopic (exact) mass is 833 g/mol. The highest BCUT2D eigenvalue weighted by Gasteiger charge is 2.30. The summed E-state index contributed by atoms with van der Waals surface area (Å²) in [5.41, 5.74) is 1.81. The Balaban J connectivity index is 1.35. The van der Waals surface area contributed by atoms with Crippen LogP contribution in [0.2, 0.25) is 10.0 Å². The molecule has 0 atom stereocenters. The lowest BCUT2D eigenvalue weighted by Gasteiger charge is -2.24. The number of hydrogen-bond acceptors (Lipinski definition) is 8. The molecule has 0 radical (unpaired) electrons. The topological polar surface area (TPSA) is 127 Å². The van der Waals surface area contributed by atoms with Crippen molar-refractivity contribution in [3.05, 3.63) is 172 Å². The van der Waals surface area contributed by atoms with Gasteiger partial charge in [0.1, 0.15) is 33.7 Å². The van der Waals surface area contributed by atoms with Crippen molar-refractivity contribution >= 4 is 48.8 Å². The standard InChI is InChI=1S/C42H34Cl2FNO8S2/c1-55(49,50)38-12-5-7-29(22-38)26-46(56(51,52)41-25-32(43)24-39(44)42(41)48)27-30-19-28(20-37(21-30)54-35-16-14-33(45)15-17-35)13-18-40(47)31-8-6-11-36(23-31)53-34-9-3-2-4-10-34/h2-12,14-17,19-25,48H,13,18,26-27H2,1H3. The zero-order chi connectivity index (χ0) is 40.0. The molecule has 6 aromatic carbocycles. The number of sulfonamides is 1. The third kappa shape index (κ3) is 10.3. The van der Waals surface area contributed by atoms with Crippen LogP contribution < -0.4 is 9.47 Å². The molecule has 0 amide bonds. The number of nitrogens with zero attached hydrogens (tertiary/aromatic N) is 1. The Bertz CT molecular complexity index is 2610. The van der Waals surface area contributed by atoms with E-state index in [1.165, 1.54) is 48.5 Å². The number of sulfone groups is 1. The predicted octanol–water partition coefficient (Wildman–Crippen LogP) is 10.0. The van der Waals surface area contributed by atoms with E-state index in [4.69, 9.17) is 32.7 Å². The molecule has 6 aromatic rings. The van der Waals surface area contributed by atoms with Crippen LogP contribution in [0.15, 0.2) is 143 Å². The second kappa shape index (κ2) is 17.3. The number of ketones is 1. The Kier molecular flexibility index (Phi) is 12.5. The molecule has 0 spiro atoms. The molecule has 56 heavy (non-hydrogen) atoms. The van der Waals surface area contributed by atoms with Crippen molar-refractivity contribution in [1.82, 2.24) is 4.31 Å². The largest absolute Gasteiger partial charge is 0.505 e. The van der Waals surface area contributed by atoms with Gasteiger partial charge in [-0.15, -0.1) is 0 Å². The predicted molar refractivity (Wildman–Crippen MR) is 213 cm³/mol. The first kappa shape index (κ1) is 40.4. The number of phenolic OH excluding ortho intramolecular Hbond substituents is 1. The van der Waals surface area contributed by atoms with Crippen LogP contribution >= 0.6 is 23.2 Å². The van der Waals surface area contributed by atoms with Gasteiger partial charge < -0.3 is 14.6 Å². The average molecular weight is 835 g/mol. The van der Waals surface area contributed by atoms with Crippen molar-refractivity contribution in [2.75, 3.05) is 6.26 Å². The van der Waals surface area contributed by atoms with Crippen LogP contribution in [0, 0.1) is 5.82 Å². The second-order valence-corrected chi connectivity index (χ2v) is 17.6. The van der Waals surface area contributed by atoms with E-state index in [9.17, 15) is 31.1 Å². The number of aromatic hydroxyl groups is 1. The van der Waals surface area contributed by atoms with Gasteiger partial charge in [-0.2, -0.15) is 4.31 Å². The van der Waals surface area contributed by atoms with Crippen LogP contribution in [0.4, 0.5) is 4.39 Å². The number of carbonyl (C=O) groups is 1. The number of para-hydroxylation sites is 1. The SMILES string of the molecule is CS(=O)(=O)c1cccc(CN(Cc2cc(CCC(=O)c3cccc(Oc4ccccc4)c3)cc(Oc3ccc(F)cc3)c2)S(=O)(=O)c2cc(Cl)cc(Cl)c2O)c1. The average Bonchev–Trinajstić information content (AvgIpc) is 3.16. The van der Waals surface area contributed by atoms with Gasteiger partial charge in [0.25, 0.3) is 0 Å². The lowest BCUT2D eigenvalue weighted by molar-refractivity contribution is 0.0982. The summed E-state index contributed by atoms with van der Waals surface area (Å²) in [6.07, 6.45) is 1.34. The summed E-state index contributed by atoms with van der Waals surface area (Å²) >= 11 is 12.3. The number of carbonyl (C=O) groups excluding carboxylic acids is 1. The quantitative estimate of drug-likeness (QED) is 0.101. The number of ether oxygens (including phenoxy) is 2. The van der Waals surface area contributed by atoms with E-state index in [1.807, 2.05) is 18.2 Å². The summed E-state index contributed by atoms with van der Waals surface area (Å²) in [4.78, 5) is 12.9. The molecule has 288 valence electrons. The van der Waals surface area contributed by atoms with Gasteiger partial charge in [0, 0.05) is 36.4 Å². The molecular weight excluding hydrogens is 800 g/mol. The molecule has 0 saturated heterocycles. The first-order chi connectivity index (χ1) is 26.6. The normalized spacial score (nSPS) is 11.7. The molecule has 0 unspecified atom stereocenters. The highest BCUT2D eigenvalue weighted by atomic mass is 35.5. The van der Waals surface area contributed by atoms with E-state index in [-0.39, 0.29) is 52.4 Å². The molecule has 0 bridgehead atoms. The first-order valence-corrected chi connectivity index (χ1v) is 21.1. The van der Waals surface area contributed by atoms with E-state index in [0.29, 0.717) is 39.5 Å². The Hall–Kier alpha value is -5.24. The Morgan fingerprint density at radius 2 is 1.32 bits per heavy atom.